The predicted octanol–water partition coefficient (Wildman–Crippen LogP) is 4.51. The van der Waals surface area contributed by atoms with Crippen LogP contribution in [0.25, 0.3) is 5.65 Å². The van der Waals surface area contributed by atoms with Crippen LogP contribution in [0, 0.1) is 20.8 Å². The summed E-state index contributed by atoms with van der Waals surface area (Å²) in [5, 5.41) is 7.95. The molecule has 166 valence electrons. The second-order valence-electron chi connectivity index (χ2n) is 8.96. The molecule has 3 aromatic rings. The molecule has 31 heavy (non-hydrogen) atoms. The van der Waals surface area contributed by atoms with E-state index in [2.05, 4.69) is 42.3 Å². The maximum atomic E-state index is 12.1. The van der Waals surface area contributed by atoms with Crippen molar-refractivity contribution in [1.82, 2.24) is 24.8 Å². The number of aromatic nitrogens is 3. The number of amides is 1. The van der Waals surface area contributed by atoms with E-state index < -0.39 is 0 Å². The molecule has 0 aromatic carbocycles. The first kappa shape index (κ1) is 22.0. The van der Waals surface area contributed by atoms with Crippen LogP contribution in [0.3, 0.4) is 0 Å². The number of aryl methyl sites for hydroxylation is 3. The van der Waals surface area contributed by atoms with Crippen LogP contribution in [0.4, 0.5) is 0 Å². The number of hydrogen-bond donors (Lipinski definition) is 1. The average Bonchev–Trinajstić information content (AvgIpc) is 3.41. The van der Waals surface area contributed by atoms with Gasteiger partial charge < -0.3 is 5.32 Å². The van der Waals surface area contributed by atoms with Gasteiger partial charge in [0.15, 0.2) is 5.65 Å². The van der Waals surface area contributed by atoms with Crippen molar-refractivity contribution in [2.75, 3.05) is 6.54 Å². The molecule has 1 N–H and O–H groups in total. The van der Waals surface area contributed by atoms with Gasteiger partial charge >= 0.3 is 0 Å². The van der Waals surface area contributed by atoms with Crippen molar-refractivity contribution < 1.29 is 4.79 Å². The van der Waals surface area contributed by atoms with Gasteiger partial charge in [-0.05, 0) is 78.1 Å². The molecule has 0 aliphatic carbocycles. The Morgan fingerprint density at radius 3 is 2.81 bits per heavy atom. The van der Waals surface area contributed by atoms with Crippen molar-refractivity contribution in [3.8, 4) is 0 Å². The highest BCUT2D eigenvalue weighted by Gasteiger charge is 2.29. The number of likely N-dealkylation sites (tertiary alicyclic amines) is 1. The summed E-state index contributed by atoms with van der Waals surface area (Å²) in [5.74, 6) is 0.0838. The molecule has 0 bridgehead atoms. The van der Waals surface area contributed by atoms with Gasteiger partial charge in [0.25, 0.3) is 0 Å². The highest BCUT2D eigenvalue weighted by Crippen LogP contribution is 2.34. The van der Waals surface area contributed by atoms with E-state index in [1.807, 2.05) is 36.6 Å². The number of nitrogens with one attached hydrogen (secondary N) is 1. The number of rotatable bonds is 7. The van der Waals surface area contributed by atoms with Gasteiger partial charge in [-0.2, -0.15) is 5.10 Å². The van der Waals surface area contributed by atoms with Crippen molar-refractivity contribution in [2.45, 2.75) is 78.9 Å². The summed E-state index contributed by atoms with van der Waals surface area (Å²) >= 11 is 1.88. The molecule has 0 radical (unpaired) electrons. The zero-order valence-electron chi connectivity index (χ0n) is 19.2. The second-order valence-corrected chi connectivity index (χ2v) is 10.3. The first-order chi connectivity index (χ1) is 14.8. The minimum atomic E-state index is 0.0838. The lowest BCUT2D eigenvalue weighted by Gasteiger charge is -2.22. The molecule has 1 unspecified atom stereocenters. The Kier molecular flexibility index (Phi) is 6.44. The number of carbonyl (C=O) groups excluding carboxylic acids is 1. The summed E-state index contributed by atoms with van der Waals surface area (Å²) in [6.45, 7) is 12.4. The molecule has 1 aliphatic heterocycles. The van der Waals surface area contributed by atoms with Gasteiger partial charge in [-0.15, -0.1) is 11.3 Å². The summed E-state index contributed by atoms with van der Waals surface area (Å²) in [6.07, 6.45) is 3.48. The minimum absolute atomic E-state index is 0.0838. The van der Waals surface area contributed by atoms with E-state index in [9.17, 15) is 4.79 Å². The van der Waals surface area contributed by atoms with E-state index in [-0.39, 0.29) is 11.9 Å². The Morgan fingerprint density at radius 2 is 2.10 bits per heavy atom. The van der Waals surface area contributed by atoms with Crippen LogP contribution in [-0.2, 0) is 17.8 Å². The van der Waals surface area contributed by atoms with Gasteiger partial charge in [0.2, 0.25) is 5.91 Å². The summed E-state index contributed by atoms with van der Waals surface area (Å²) in [4.78, 5) is 22.3. The van der Waals surface area contributed by atoms with Crippen molar-refractivity contribution in [2.24, 2.45) is 0 Å². The number of carbonyl (C=O) groups is 1. The van der Waals surface area contributed by atoms with Crippen LogP contribution in [0.1, 0.15) is 71.6 Å². The maximum absolute atomic E-state index is 12.1. The maximum Gasteiger partial charge on any atom is 0.220 e. The summed E-state index contributed by atoms with van der Waals surface area (Å²) in [7, 11) is 0. The lowest BCUT2D eigenvalue weighted by molar-refractivity contribution is -0.121. The lowest BCUT2D eigenvalue weighted by atomic mass is 10.1. The lowest BCUT2D eigenvalue weighted by Crippen LogP contribution is -2.30. The smallest absolute Gasteiger partial charge is 0.220 e. The third-order valence-electron chi connectivity index (χ3n) is 6.09. The highest BCUT2D eigenvalue weighted by atomic mass is 32.1. The van der Waals surface area contributed by atoms with Crippen molar-refractivity contribution in [1.29, 1.82) is 0 Å². The topological polar surface area (TPSA) is 62.5 Å². The third-order valence-corrected chi connectivity index (χ3v) is 7.08. The Balaban J connectivity index is 1.56. The molecule has 0 saturated carbocycles. The molecular formula is C24H33N5OS. The zero-order valence-corrected chi connectivity index (χ0v) is 20.1. The molecule has 1 aliphatic rings. The number of fused-ring (bicyclic) bond motifs is 1. The minimum Gasteiger partial charge on any atom is -0.354 e. The normalized spacial score (nSPS) is 17.2. The molecule has 1 atom stereocenters. The highest BCUT2D eigenvalue weighted by molar-refractivity contribution is 7.11. The first-order valence-electron chi connectivity index (χ1n) is 11.3. The molecule has 6 nitrogen and oxygen atoms in total. The van der Waals surface area contributed by atoms with Gasteiger partial charge in [0.1, 0.15) is 0 Å². The van der Waals surface area contributed by atoms with E-state index in [1.54, 1.807) is 0 Å². The fourth-order valence-electron chi connectivity index (χ4n) is 4.62. The predicted molar refractivity (Wildman–Crippen MR) is 126 cm³/mol. The van der Waals surface area contributed by atoms with Crippen LogP contribution in [-0.4, -0.2) is 38.0 Å². The fourth-order valence-corrected chi connectivity index (χ4v) is 5.54. The van der Waals surface area contributed by atoms with Crippen LogP contribution in [0.2, 0.25) is 0 Å². The zero-order chi connectivity index (χ0) is 22.1. The molecular weight excluding hydrogens is 406 g/mol. The van der Waals surface area contributed by atoms with Gasteiger partial charge in [-0.3, -0.25) is 9.69 Å². The second kappa shape index (κ2) is 9.09. The molecule has 0 spiro atoms. The number of hydrogen-bond acceptors (Lipinski definition) is 5. The molecule has 1 amide bonds. The van der Waals surface area contributed by atoms with Crippen LogP contribution in [0.15, 0.2) is 18.2 Å². The largest absolute Gasteiger partial charge is 0.354 e. The fraction of sp³-hybridized carbons (Fsp3) is 0.542. The standard InChI is InChI=1S/C24H33N5OS/c1-15(2)25-24(30)11-10-20-17(4)26-23-13-21(27-29(23)18(20)5)22-7-6-12-28(22)14-19-9-8-16(3)31-19/h8-9,13,15,22H,6-7,10-12,14H2,1-5H3,(H,25,30). The Bertz CT molecular complexity index is 1080. The van der Waals surface area contributed by atoms with Gasteiger partial charge in [0.05, 0.1) is 11.7 Å². The van der Waals surface area contributed by atoms with E-state index in [4.69, 9.17) is 10.1 Å². The van der Waals surface area contributed by atoms with Crippen LogP contribution >= 0.6 is 11.3 Å². The van der Waals surface area contributed by atoms with Crippen LogP contribution in [0.5, 0.6) is 0 Å². The summed E-state index contributed by atoms with van der Waals surface area (Å²) < 4.78 is 1.98. The monoisotopic (exact) mass is 439 g/mol. The Hall–Kier alpha value is -2.25. The Morgan fingerprint density at radius 1 is 1.29 bits per heavy atom. The van der Waals surface area contributed by atoms with Gasteiger partial charge in [-0.1, -0.05) is 0 Å². The molecule has 4 rings (SSSR count). The molecule has 4 heterocycles. The molecule has 1 fully saturated rings. The average molecular weight is 440 g/mol. The quantitative estimate of drug-likeness (QED) is 0.588. The molecule has 7 heteroatoms. The van der Waals surface area contributed by atoms with E-state index in [1.165, 1.54) is 16.2 Å². The Labute approximate surface area is 188 Å². The van der Waals surface area contributed by atoms with Crippen molar-refractivity contribution in [3.05, 3.63) is 50.6 Å². The van der Waals surface area contributed by atoms with E-state index in [0.29, 0.717) is 18.9 Å². The number of nitrogens with zero attached hydrogens (tertiary/aromatic N) is 4. The van der Waals surface area contributed by atoms with Gasteiger partial charge in [0, 0.05) is 46.2 Å². The van der Waals surface area contributed by atoms with Crippen molar-refractivity contribution >= 4 is 22.9 Å². The van der Waals surface area contributed by atoms with Gasteiger partial charge in [-0.25, -0.2) is 9.50 Å². The van der Waals surface area contributed by atoms with E-state index in [0.717, 1.165) is 47.8 Å². The van der Waals surface area contributed by atoms with Crippen LogP contribution < -0.4 is 5.32 Å². The molecule has 1 saturated heterocycles. The summed E-state index contributed by atoms with van der Waals surface area (Å²) in [5.41, 5.74) is 5.21. The third kappa shape index (κ3) is 4.83. The first-order valence-corrected chi connectivity index (χ1v) is 12.1. The number of thiophene rings is 1. The SMILES string of the molecule is Cc1ccc(CN2CCCC2c2cc3nc(C)c(CCC(=O)NC(C)C)c(C)n3n2)s1. The summed E-state index contributed by atoms with van der Waals surface area (Å²) in [6, 6.07) is 7.10. The molecule has 3 aromatic heterocycles. The van der Waals surface area contributed by atoms with E-state index >= 15 is 0 Å². The van der Waals surface area contributed by atoms with Crippen molar-refractivity contribution in [3.63, 3.8) is 0 Å².